The second-order valence-corrected chi connectivity index (χ2v) is 15.4. The maximum atomic E-state index is 12.0. The number of hydrogen-bond acceptors (Lipinski definition) is 7. The average Bonchev–Trinajstić information content (AvgIpc) is 3.72. The first kappa shape index (κ1) is 35.7. The topological polar surface area (TPSA) is 124 Å². The van der Waals surface area contributed by atoms with Crippen LogP contribution >= 0.6 is 0 Å². The van der Waals surface area contributed by atoms with E-state index in [2.05, 4.69) is 41.5 Å². The highest BCUT2D eigenvalue weighted by Gasteiger charge is 2.48. The quantitative estimate of drug-likeness (QED) is 0.0753. The smallest absolute Gasteiger partial charge is 0.248 e. The molecule has 3 aromatic carbocycles. The van der Waals surface area contributed by atoms with Gasteiger partial charge < -0.3 is 39.6 Å². The number of quaternary nitrogens is 1. The molecule has 4 atom stereocenters. The molecule has 4 aromatic rings. The molecule has 0 radical (unpaired) electrons. The number of nitrogens with zero attached hydrogens (tertiary/aromatic N) is 1. The molecule has 1 unspecified atom stereocenters. The van der Waals surface area contributed by atoms with E-state index in [9.17, 15) is 20.1 Å². The minimum atomic E-state index is -0.917. The number of phenolic OH excluding ortho intramolecular Hbond substituents is 1. The zero-order valence-corrected chi connectivity index (χ0v) is 29.8. The van der Waals surface area contributed by atoms with Gasteiger partial charge in [0.1, 0.15) is 29.7 Å². The molecule has 4 fully saturated rings. The summed E-state index contributed by atoms with van der Waals surface area (Å²) in [5.74, 6) is 1.67. The van der Waals surface area contributed by atoms with Crippen LogP contribution in [0, 0.1) is 11.8 Å². The molecule has 1 aliphatic carbocycles. The monoisotopic (exact) mass is 696 g/mol. The summed E-state index contributed by atoms with van der Waals surface area (Å²) in [6.07, 6.45) is 7.24. The van der Waals surface area contributed by atoms with Crippen molar-refractivity contribution >= 4 is 10.9 Å². The van der Waals surface area contributed by atoms with Crippen LogP contribution in [-0.2, 0) is 10.3 Å². The summed E-state index contributed by atoms with van der Waals surface area (Å²) in [6, 6.07) is 24.5. The molecule has 0 amide bonds. The van der Waals surface area contributed by atoms with E-state index in [1.807, 2.05) is 30.3 Å². The zero-order valence-electron chi connectivity index (χ0n) is 29.8. The Morgan fingerprint density at radius 3 is 2.45 bits per heavy atom. The molecular formula is C42H54N3O6+. The number of ether oxygens (including phenoxy) is 2. The highest BCUT2D eigenvalue weighted by molar-refractivity contribution is 5.87. The molecule has 3 saturated heterocycles. The molecule has 5 N–H and O–H groups in total. The number of aromatic hydroxyl groups is 1. The van der Waals surface area contributed by atoms with Crippen molar-refractivity contribution in [3.05, 3.63) is 106 Å². The van der Waals surface area contributed by atoms with Gasteiger partial charge in [0.15, 0.2) is 0 Å². The fourth-order valence-corrected chi connectivity index (χ4v) is 9.03. The van der Waals surface area contributed by atoms with Crippen LogP contribution < -0.4 is 15.6 Å². The van der Waals surface area contributed by atoms with Gasteiger partial charge in [0, 0.05) is 49.2 Å². The Morgan fingerprint density at radius 1 is 0.961 bits per heavy atom. The average molecular weight is 697 g/mol. The number of pyridine rings is 1. The molecule has 9 nitrogen and oxygen atoms in total. The molecule has 51 heavy (non-hydrogen) atoms. The molecule has 1 aromatic heterocycles. The van der Waals surface area contributed by atoms with Crippen molar-refractivity contribution in [1.82, 2.24) is 10.3 Å². The zero-order chi connectivity index (χ0) is 35.4. The third-order valence-electron chi connectivity index (χ3n) is 12.2. The number of hydrogen-bond donors (Lipinski definition) is 5. The summed E-state index contributed by atoms with van der Waals surface area (Å²) in [7, 11) is 0. The highest BCUT2D eigenvalue weighted by atomic mass is 16.5. The van der Waals surface area contributed by atoms with Crippen molar-refractivity contribution in [1.29, 1.82) is 0 Å². The summed E-state index contributed by atoms with van der Waals surface area (Å²) in [6.45, 7) is 7.91. The largest absolute Gasteiger partial charge is 0.506 e. The van der Waals surface area contributed by atoms with Gasteiger partial charge in [-0.25, -0.2) is 0 Å². The van der Waals surface area contributed by atoms with Gasteiger partial charge >= 0.3 is 0 Å². The molecule has 4 aliphatic rings. The number of aliphatic hydroxyl groups is 2. The van der Waals surface area contributed by atoms with Crippen LogP contribution in [0.2, 0.25) is 0 Å². The van der Waals surface area contributed by atoms with Gasteiger partial charge in [0.2, 0.25) is 5.56 Å². The number of aromatic amines is 1. The molecule has 1 saturated carbocycles. The third-order valence-corrected chi connectivity index (χ3v) is 12.2. The van der Waals surface area contributed by atoms with Crippen molar-refractivity contribution in [3.8, 4) is 11.5 Å². The molecule has 3 aliphatic heterocycles. The fraction of sp³-hybridized carbons (Fsp3) is 0.500. The van der Waals surface area contributed by atoms with E-state index < -0.39 is 11.7 Å². The van der Waals surface area contributed by atoms with Crippen LogP contribution in [0.15, 0.2) is 83.7 Å². The van der Waals surface area contributed by atoms with E-state index in [0.717, 1.165) is 53.7 Å². The van der Waals surface area contributed by atoms with E-state index >= 15 is 0 Å². The first-order valence-corrected chi connectivity index (χ1v) is 19.0. The van der Waals surface area contributed by atoms with Gasteiger partial charge in [0.05, 0.1) is 44.5 Å². The number of aromatic nitrogens is 1. The molecule has 9 heteroatoms. The summed E-state index contributed by atoms with van der Waals surface area (Å²) in [5.41, 5.74) is 1.83. The maximum Gasteiger partial charge on any atom is 0.248 e. The van der Waals surface area contributed by atoms with Crippen LogP contribution in [0.25, 0.3) is 10.9 Å². The lowest BCUT2D eigenvalue weighted by molar-refractivity contribution is -0.946. The molecule has 8 rings (SSSR count). The van der Waals surface area contributed by atoms with E-state index in [-0.39, 0.29) is 29.4 Å². The predicted molar refractivity (Wildman–Crippen MR) is 199 cm³/mol. The van der Waals surface area contributed by atoms with E-state index in [1.165, 1.54) is 50.9 Å². The third kappa shape index (κ3) is 7.88. The number of H-pyrrole nitrogens is 1. The molecular weight excluding hydrogens is 642 g/mol. The number of aliphatic hydroxyl groups excluding tert-OH is 1. The Morgan fingerprint density at radius 2 is 1.71 bits per heavy atom. The number of fused-ring (bicyclic) bond motifs is 4. The lowest BCUT2D eigenvalue weighted by atomic mass is 9.80. The Hall–Kier alpha value is -3.73. The number of phenols is 1. The van der Waals surface area contributed by atoms with Crippen molar-refractivity contribution in [2.45, 2.75) is 75.7 Å². The molecule has 272 valence electrons. The molecule has 0 spiro atoms. The van der Waals surface area contributed by atoms with Crippen LogP contribution in [0.5, 0.6) is 11.5 Å². The Kier molecular flexibility index (Phi) is 10.8. The van der Waals surface area contributed by atoms with Gasteiger partial charge in [-0.15, -0.1) is 0 Å². The van der Waals surface area contributed by atoms with Crippen molar-refractivity contribution in [2.75, 3.05) is 45.9 Å². The van der Waals surface area contributed by atoms with Crippen molar-refractivity contribution < 1.29 is 29.3 Å². The summed E-state index contributed by atoms with van der Waals surface area (Å²) in [5, 5.41) is 37.2. The highest BCUT2D eigenvalue weighted by Crippen LogP contribution is 2.43. The van der Waals surface area contributed by atoms with Crippen LogP contribution in [-0.4, -0.2) is 76.8 Å². The minimum absolute atomic E-state index is 0.00766. The second-order valence-electron chi connectivity index (χ2n) is 15.4. The second kappa shape index (κ2) is 15.5. The first-order chi connectivity index (χ1) is 24.7. The van der Waals surface area contributed by atoms with Gasteiger partial charge in [-0.3, -0.25) is 4.79 Å². The van der Waals surface area contributed by atoms with E-state index in [1.54, 1.807) is 12.1 Å². The van der Waals surface area contributed by atoms with Crippen LogP contribution in [0.1, 0.15) is 80.7 Å². The summed E-state index contributed by atoms with van der Waals surface area (Å²) < 4.78 is 14.0. The Balaban J connectivity index is 0.874. The Labute approximate surface area is 300 Å². The lowest BCUT2D eigenvalue weighted by Gasteiger charge is -2.53. The Bertz CT molecular complexity index is 1800. The minimum Gasteiger partial charge on any atom is -0.506 e. The predicted octanol–water partition coefficient (Wildman–Crippen LogP) is 6.09. The van der Waals surface area contributed by atoms with Gasteiger partial charge in [-0.1, -0.05) is 61.4 Å². The standard InChI is InChI=1S/C42H53N3O6/c1-29(43-26-38(47)35-16-18-37(46)41-36(35)17-19-40(48)44-41)30-12-14-34(15-13-30)50-25-7-22-45-23-20-31(21-24-45)39(27-45)51-28-42(49,33-10-5-6-11-33)32-8-3-2-4-9-32/h2-4,8-9,12-19,29,31,33,38-39,43,47,49H,5-7,10-11,20-28H2,1H3,(H-,44,46,48)/p+1/t29-,31?,38-,39-,42?,45?/m0/s1. The van der Waals surface area contributed by atoms with Gasteiger partial charge in [-0.05, 0) is 66.6 Å². The van der Waals surface area contributed by atoms with Crippen LogP contribution in [0.3, 0.4) is 0 Å². The van der Waals surface area contributed by atoms with Crippen LogP contribution in [0.4, 0.5) is 0 Å². The van der Waals surface area contributed by atoms with Gasteiger partial charge in [0.25, 0.3) is 0 Å². The molecule has 2 bridgehead atoms. The van der Waals surface area contributed by atoms with Crippen molar-refractivity contribution in [3.63, 3.8) is 0 Å². The first-order valence-electron chi connectivity index (χ1n) is 19.0. The fourth-order valence-electron chi connectivity index (χ4n) is 9.03. The van der Waals surface area contributed by atoms with Gasteiger partial charge in [-0.2, -0.15) is 0 Å². The normalized spacial score (nSPS) is 24.4. The van der Waals surface area contributed by atoms with Crippen molar-refractivity contribution in [2.24, 2.45) is 11.8 Å². The van der Waals surface area contributed by atoms with E-state index in [4.69, 9.17) is 9.47 Å². The maximum absolute atomic E-state index is 12.0. The van der Waals surface area contributed by atoms with E-state index in [0.29, 0.717) is 42.1 Å². The number of benzene rings is 3. The lowest BCUT2D eigenvalue weighted by Crippen LogP contribution is -2.65. The molecule has 4 heterocycles. The number of nitrogens with one attached hydrogen (secondary N) is 2. The summed E-state index contributed by atoms with van der Waals surface area (Å²) >= 11 is 0. The SMILES string of the molecule is C[C@H](NC[C@H](O)c1ccc(O)c2[nH]c(=O)ccc12)c1ccc(OCCC[N+]23CCC(CC2)[C@@H](OCC(O)(c2ccccc2)C2CCCC2)C3)cc1. The number of rotatable bonds is 15. The number of piperidine rings is 3. The summed E-state index contributed by atoms with van der Waals surface area (Å²) in [4.78, 5) is 14.4.